The van der Waals surface area contributed by atoms with E-state index in [4.69, 9.17) is 20.8 Å². The molecule has 0 saturated carbocycles. The molecule has 8 heteroatoms. The number of nitrogens with zero attached hydrogens (tertiary/aromatic N) is 1. The van der Waals surface area contributed by atoms with Gasteiger partial charge in [0.15, 0.2) is 9.84 Å². The number of benzene rings is 2. The lowest BCUT2D eigenvalue weighted by molar-refractivity contribution is 0.0649. The van der Waals surface area contributed by atoms with E-state index in [0.717, 1.165) is 11.1 Å². The van der Waals surface area contributed by atoms with E-state index in [1.807, 2.05) is 4.90 Å². The maximum Gasteiger partial charge on any atom is 0.200 e. The van der Waals surface area contributed by atoms with Crippen molar-refractivity contribution in [2.24, 2.45) is 0 Å². The fraction of sp³-hybridized carbons (Fsp3) is 0.318. The van der Waals surface area contributed by atoms with Crippen molar-refractivity contribution in [2.75, 3.05) is 18.2 Å². The molecule has 0 spiro atoms. The lowest BCUT2D eigenvalue weighted by Crippen LogP contribution is -2.41. The molecule has 1 unspecified atom stereocenters. The molecule has 1 atom stereocenters. The fourth-order valence-corrected chi connectivity index (χ4v) is 6.23. The van der Waals surface area contributed by atoms with Crippen molar-refractivity contribution in [3.05, 3.63) is 63.0 Å². The first-order valence-electron chi connectivity index (χ1n) is 9.75. The van der Waals surface area contributed by atoms with Gasteiger partial charge in [0.25, 0.3) is 0 Å². The van der Waals surface area contributed by atoms with Crippen molar-refractivity contribution < 1.29 is 17.6 Å². The number of halogens is 1. The zero-order valence-electron chi connectivity index (χ0n) is 16.4. The van der Waals surface area contributed by atoms with Gasteiger partial charge in [-0.15, -0.1) is 0 Å². The second-order valence-corrected chi connectivity index (χ2v) is 10.5. The van der Waals surface area contributed by atoms with Crippen LogP contribution in [0.15, 0.2) is 45.6 Å². The molecule has 30 heavy (non-hydrogen) atoms. The highest BCUT2D eigenvalue weighted by atomic mass is 35.5. The quantitative estimate of drug-likeness (QED) is 0.597. The fourth-order valence-electron chi connectivity index (χ4n) is 4.34. The minimum atomic E-state index is -3.00. The first-order chi connectivity index (χ1) is 14.3. The molecular formula is C22H20ClNO5S. The predicted octanol–water partition coefficient (Wildman–Crippen LogP) is 3.76. The summed E-state index contributed by atoms with van der Waals surface area (Å²) in [5.74, 6) is 1.53. The van der Waals surface area contributed by atoms with E-state index < -0.39 is 9.84 Å². The smallest absolute Gasteiger partial charge is 0.200 e. The summed E-state index contributed by atoms with van der Waals surface area (Å²) in [5.41, 5.74) is 2.43. The van der Waals surface area contributed by atoms with E-state index in [9.17, 15) is 13.2 Å². The summed E-state index contributed by atoms with van der Waals surface area (Å²) < 4.78 is 35.8. The van der Waals surface area contributed by atoms with Gasteiger partial charge in [0, 0.05) is 17.6 Å². The summed E-state index contributed by atoms with van der Waals surface area (Å²) in [5, 5.41) is 1.08. The molecule has 156 valence electrons. The van der Waals surface area contributed by atoms with Gasteiger partial charge in [-0.1, -0.05) is 23.7 Å². The first-order valence-corrected chi connectivity index (χ1v) is 11.9. The van der Waals surface area contributed by atoms with Gasteiger partial charge in [-0.05, 0) is 43.2 Å². The number of sulfone groups is 1. The SMILES string of the molecule is Cc1oc2c3c(ccc2c(=O)c1-c1ccc(Cl)cc1)OCN(C1CCS(=O)(=O)C1)C3. The van der Waals surface area contributed by atoms with Crippen LogP contribution >= 0.6 is 11.6 Å². The van der Waals surface area contributed by atoms with Crippen LogP contribution in [0.25, 0.3) is 22.1 Å². The summed E-state index contributed by atoms with van der Waals surface area (Å²) in [6.07, 6.45) is 0.593. The molecular weight excluding hydrogens is 426 g/mol. The van der Waals surface area contributed by atoms with E-state index in [0.29, 0.717) is 52.8 Å². The van der Waals surface area contributed by atoms with Crippen molar-refractivity contribution >= 4 is 32.4 Å². The summed E-state index contributed by atoms with van der Waals surface area (Å²) in [4.78, 5) is 15.3. The van der Waals surface area contributed by atoms with Crippen LogP contribution in [-0.4, -0.2) is 37.6 Å². The molecule has 0 aliphatic carbocycles. The first kappa shape index (κ1) is 19.6. The summed E-state index contributed by atoms with van der Waals surface area (Å²) in [7, 11) is -3.00. The molecule has 5 rings (SSSR count). The van der Waals surface area contributed by atoms with Crippen molar-refractivity contribution in [3.63, 3.8) is 0 Å². The van der Waals surface area contributed by atoms with Crippen LogP contribution in [0.1, 0.15) is 17.7 Å². The van der Waals surface area contributed by atoms with Gasteiger partial charge in [0.05, 0.1) is 28.0 Å². The van der Waals surface area contributed by atoms with Gasteiger partial charge in [0.1, 0.15) is 23.8 Å². The minimum absolute atomic E-state index is 0.0837. The van der Waals surface area contributed by atoms with Gasteiger partial charge < -0.3 is 9.15 Å². The van der Waals surface area contributed by atoms with Crippen molar-refractivity contribution in [1.29, 1.82) is 0 Å². The van der Waals surface area contributed by atoms with Crippen LogP contribution in [-0.2, 0) is 16.4 Å². The maximum atomic E-state index is 13.3. The Morgan fingerprint density at radius 2 is 1.90 bits per heavy atom. The predicted molar refractivity (Wildman–Crippen MR) is 116 cm³/mol. The third-order valence-corrected chi connectivity index (χ3v) is 7.90. The molecule has 2 aliphatic rings. The van der Waals surface area contributed by atoms with E-state index in [1.54, 1.807) is 43.3 Å². The molecule has 1 fully saturated rings. The molecule has 0 amide bonds. The Balaban J connectivity index is 1.60. The van der Waals surface area contributed by atoms with Crippen molar-refractivity contribution in [2.45, 2.75) is 25.9 Å². The Morgan fingerprint density at radius 1 is 1.13 bits per heavy atom. The van der Waals surface area contributed by atoms with Gasteiger partial charge in [-0.25, -0.2) is 8.42 Å². The summed E-state index contributed by atoms with van der Waals surface area (Å²) in [6, 6.07) is 10.5. The normalized spacial score (nSPS) is 20.8. The summed E-state index contributed by atoms with van der Waals surface area (Å²) in [6.45, 7) is 2.58. The lowest BCUT2D eigenvalue weighted by atomic mass is 10.0. The number of hydrogen-bond donors (Lipinski definition) is 0. The van der Waals surface area contributed by atoms with Crippen LogP contribution in [0, 0.1) is 6.92 Å². The standard InChI is InChI=1S/C22H20ClNO5S/c1-13-20(14-2-4-15(23)5-3-14)21(25)17-6-7-19-18(22(17)29-13)10-24(12-28-19)16-8-9-30(26,27)11-16/h2-7,16H,8-12H2,1H3. The molecule has 0 bridgehead atoms. The van der Waals surface area contributed by atoms with E-state index in [1.165, 1.54) is 0 Å². The highest BCUT2D eigenvalue weighted by Gasteiger charge is 2.35. The zero-order valence-corrected chi connectivity index (χ0v) is 17.9. The second-order valence-electron chi connectivity index (χ2n) is 7.87. The summed E-state index contributed by atoms with van der Waals surface area (Å²) >= 11 is 5.98. The van der Waals surface area contributed by atoms with E-state index >= 15 is 0 Å². The Hall–Kier alpha value is -2.35. The molecule has 0 radical (unpaired) electrons. The average Bonchev–Trinajstić information content (AvgIpc) is 3.08. The minimum Gasteiger partial charge on any atom is -0.478 e. The Morgan fingerprint density at radius 3 is 2.60 bits per heavy atom. The number of aryl methyl sites for hydroxylation is 1. The number of ether oxygens (including phenoxy) is 1. The van der Waals surface area contributed by atoms with Gasteiger partial charge in [0.2, 0.25) is 5.43 Å². The lowest BCUT2D eigenvalue weighted by Gasteiger charge is -2.33. The Labute approximate surface area is 178 Å². The van der Waals surface area contributed by atoms with E-state index in [2.05, 4.69) is 0 Å². The number of hydrogen-bond acceptors (Lipinski definition) is 6. The van der Waals surface area contributed by atoms with Crippen LogP contribution in [0.2, 0.25) is 5.02 Å². The molecule has 3 heterocycles. The molecule has 6 nitrogen and oxygen atoms in total. The number of rotatable bonds is 2. The van der Waals surface area contributed by atoms with E-state index in [-0.39, 0.29) is 23.0 Å². The zero-order chi connectivity index (χ0) is 21.0. The molecule has 3 aromatic rings. The monoisotopic (exact) mass is 445 g/mol. The molecule has 1 saturated heterocycles. The third kappa shape index (κ3) is 3.31. The second kappa shape index (κ2) is 7.11. The molecule has 0 N–H and O–H groups in total. The Kier molecular flexibility index (Phi) is 4.65. The highest BCUT2D eigenvalue weighted by molar-refractivity contribution is 7.91. The largest absolute Gasteiger partial charge is 0.478 e. The van der Waals surface area contributed by atoms with Crippen LogP contribution in [0.5, 0.6) is 5.75 Å². The molecule has 1 aromatic heterocycles. The van der Waals surface area contributed by atoms with Gasteiger partial charge in [-0.3, -0.25) is 9.69 Å². The molecule has 2 aliphatic heterocycles. The topological polar surface area (TPSA) is 76.8 Å². The maximum absolute atomic E-state index is 13.3. The Bertz CT molecular complexity index is 1310. The van der Waals surface area contributed by atoms with Crippen LogP contribution in [0.4, 0.5) is 0 Å². The van der Waals surface area contributed by atoms with Gasteiger partial charge in [-0.2, -0.15) is 0 Å². The average molecular weight is 446 g/mol. The van der Waals surface area contributed by atoms with Crippen molar-refractivity contribution in [1.82, 2.24) is 4.90 Å². The van der Waals surface area contributed by atoms with Crippen LogP contribution < -0.4 is 10.2 Å². The van der Waals surface area contributed by atoms with Gasteiger partial charge >= 0.3 is 0 Å². The highest BCUT2D eigenvalue weighted by Crippen LogP contribution is 2.35. The molecule has 2 aromatic carbocycles. The number of fused-ring (bicyclic) bond motifs is 3. The third-order valence-electron chi connectivity index (χ3n) is 5.90. The van der Waals surface area contributed by atoms with Crippen molar-refractivity contribution in [3.8, 4) is 16.9 Å². The van der Waals surface area contributed by atoms with Crippen LogP contribution in [0.3, 0.4) is 0 Å².